The van der Waals surface area contributed by atoms with E-state index < -0.39 is 39.4 Å². The zero-order valence-electron chi connectivity index (χ0n) is 12.6. The van der Waals surface area contributed by atoms with Crippen LogP contribution in [-0.2, 0) is 19.6 Å². The topological polar surface area (TPSA) is 102 Å². The van der Waals surface area contributed by atoms with Gasteiger partial charge in [-0.05, 0) is 45.0 Å². The Bertz CT molecular complexity index is 731. The van der Waals surface area contributed by atoms with Crippen LogP contribution in [0.3, 0.4) is 0 Å². The molecule has 1 aromatic rings. The molecule has 0 aliphatic heterocycles. The summed E-state index contributed by atoms with van der Waals surface area (Å²) < 4.78 is 44.1. The van der Waals surface area contributed by atoms with Gasteiger partial charge in [-0.1, -0.05) is 0 Å². The molecule has 1 saturated carbocycles. The van der Waals surface area contributed by atoms with E-state index in [4.69, 9.17) is 4.74 Å². The summed E-state index contributed by atoms with van der Waals surface area (Å²) >= 11 is 0. The molecule has 0 saturated heterocycles. The molecule has 1 aliphatic rings. The van der Waals surface area contributed by atoms with Gasteiger partial charge in [-0.25, -0.2) is 22.3 Å². The first-order chi connectivity index (χ1) is 10.7. The minimum Gasteiger partial charge on any atom is -0.449 e. The SMILES string of the molecule is CNS(=O)(=O)c1ccc(F)c(C(=O)OC(C)C(=O)NC2CC2)c1. The Kier molecular flexibility index (Phi) is 5.00. The molecule has 1 aliphatic carbocycles. The maximum absolute atomic E-state index is 13.8. The minimum atomic E-state index is -3.83. The van der Waals surface area contributed by atoms with Crippen molar-refractivity contribution in [3.8, 4) is 0 Å². The van der Waals surface area contributed by atoms with Crippen LogP contribution in [0.25, 0.3) is 0 Å². The van der Waals surface area contributed by atoms with Crippen molar-refractivity contribution >= 4 is 21.9 Å². The van der Waals surface area contributed by atoms with Gasteiger partial charge >= 0.3 is 5.97 Å². The maximum atomic E-state index is 13.8. The van der Waals surface area contributed by atoms with E-state index in [1.165, 1.54) is 14.0 Å². The number of nitrogens with one attached hydrogen (secondary N) is 2. The number of sulfonamides is 1. The van der Waals surface area contributed by atoms with Crippen LogP contribution in [0.5, 0.6) is 0 Å². The first kappa shape index (κ1) is 17.4. The fourth-order valence-corrected chi connectivity index (χ4v) is 2.53. The third-order valence-corrected chi connectivity index (χ3v) is 4.73. The second-order valence-electron chi connectivity index (χ2n) is 5.18. The lowest BCUT2D eigenvalue weighted by atomic mass is 10.2. The first-order valence-electron chi connectivity index (χ1n) is 6.99. The highest BCUT2D eigenvalue weighted by molar-refractivity contribution is 7.89. The molecular weight excluding hydrogens is 327 g/mol. The Labute approximate surface area is 133 Å². The smallest absolute Gasteiger partial charge is 0.341 e. The quantitative estimate of drug-likeness (QED) is 0.734. The number of carbonyl (C=O) groups excluding carboxylic acids is 2. The van der Waals surface area contributed by atoms with Gasteiger partial charge in [0.25, 0.3) is 5.91 Å². The van der Waals surface area contributed by atoms with Gasteiger partial charge in [0.2, 0.25) is 10.0 Å². The van der Waals surface area contributed by atoms with Crippen LogP contribution in [0.2, 0.25) is 0 Å². The first-order valence-corrected chi connectivity index (χ1v) is 8.47. The largest absolute Gasteiger partial charge is 0.449 e. The summed E-state index contributed by atoms with van der Waals surface area (Å²) in [6.07, 6.45) is 0.655. The Morgan fingerprint density at radius 1 is 1.35 bits per heavy atom. The summed E-state index contributed by atoms with van der Waals surface area (Å²) in [5, 5.41) is 2.65. The average molecular weight is 344 g/mol. The molecule has 0 heterocycles. The molecule has 0 aromatic heterocycles. The predicted octanol–water partition coefficient (Wildman–Crippen LogP) is 0.558. The number of hydrogen-bond acceptors (Lipinski definition) is 5. The van der Waals surface area contributed by atoms with E-state index in [2.05, 4.69) is 10.0 Å². The molecule has 1 amide bonds. The van der Waals surface area contributed by atoms with Crippen LogP contribution in [0.1, 0.15) is 30.1 Å². The lowest BCUT2D eigenvalue weighted by Crippen LogP contribution is -2.37. The third-order valence-electron chi connectivity index (χ3n) is 3.31. The third kappa shape index (κ3) is 4.26. The summed E-state index contributed by atoms with van der Waals surface area (Å²) in [6.45, 7) is 1.36. The van der Waals surface area contributed by atoms with Crippen molar-refractivity contribution < 1.29 is 27.1 Å². The number of rotatable bonds is 6. The standard InChI is InChI=1S/C14H17FN2O5S/c1-8(13(18)17-9-3-4-9)22-14(19)11-7-10(5-6-12(11)15)23(20,21)16-2/h5-9,16H,3-4H2,1-2H3,(H,17,18). The van der Waals surface area contributed by atoms with Crippen molar-refractivity contribution in [1.82, 2.24) is 10.0 Å². The van der Waals surface area contributed by atoms with Crippen molar-refractivity contribution in [3.63, 3.8) is 0 Å². The summed E-state index contributed by atoms with van der Waals surface area (Å²) in [4.78, 5) is 23.4. The van der Waals surface area contributed by atoms with Crippen LogP contribution in [0, 0.1) is 5.82 Å². The van der Waals surface area contributed by atoms with Crippen molar-refractivity contribution in [2.45, 2.75) is 36.8 Å². The van der Waals surface area contributed by atoms with E-state index in [0.717, 1.165) is 31.0 Å². The Hall–Kier alpha value is -2.00. The molecule has 0 bridgehead atoms. The molecule has 0 radical (unpaired) electrons. The highest BCUT2D eigenvalue weighted by atomic mass is 32.2. The monoisotopic (exact) mass is 344 g/mol. The van der Waals surface area contributed by atoms with Gasteiger partial charge in [0.15, 0.2) is 6.10 Å². The van der Waals surface area contributed by atoms with Crippen LogP contribution in [-0.4, -0.2) is 39.5 Å². The maximum Gasteiger partial charge on any atom is 0.341 e. The van der Waals surface area contributed by atoms with Crippen molar-refractivity contribution in [3.05, 3.63) is 29.6 Å². The van der Waals surface area contributed by atoms with Crippen LogP contribution >= 0.6 is 0 Å². The average Bonchev–Trinajstić information content (AvgIpc) is 3.31. The number of carbonyl (C=O) groups is 2. The molecule has 1 aromatic carbocycles. The Balaban J connectivity index is 2.14. The van der Waals surface area contributed by atoms with Crippen molar-refractivity contribution in [1.29, 1.82) is 0 Å². The van der Waals surface area contributed by atoms with Gasteiger partial charge in [0, 0.05) is 6.04 Å². The Morgan fingerprint density at radius 3 is 2.57 bits per heavy atom. The van der Waals surface area contributed by atoms with Gasteiger partial charge < -0.3 is 10.1 Å². The summed E-state index contributed by atoms with van der Waals surface area (Å²) in [5.41, 5.74) is -0.549. The zero-order valence-corrected chi connectivity index (χ0v) is 13.4. The van der Waals surface area contributed by atoms with E-state index in [0.29, 0.717) is 0 Å². The second kappa shape index (κ2) is 6.63. The predicted molar refractivity (Wildman–Crippen MR) is 78.7 cm³/mol. The van der Waals surface area contributed by atoms with Gasteiger partial charge in [0.05, 0.1) is 10.5 Å². The zero-order chi connectivity index (χ0) is 17.2. The minimum absolute atomic E-state index is 0.101. The number of benzene rings is 1. The number of hydrogen-bond donors (Lipinski definition) is 2. The molecule has 2 N–H and O–H groups in total. The lowest BCUT2D eigenvalue weighted by Gasteiger charge is -2.14. The number of ether oxygens (including phenoxy) is 1. The van der Waals surface area contributed by atoms with Gasteiger partial charge in [0.1, 0.15) is 5.82 Å². The molecule has 23 heavy (non-hydrogen) atoms. The van der Waals surface area contributed by atoms with Gasteiger partial charge in [-0.15, -0.1) is 0 Å². The fourth-order valence-electron chi connectivity index (χ4n) is 1.77. The summed E-state index contributed by atoms with van der Waals surface area (Å²) in [7, 11) is -2.63. The molecule has 1 fully saturated rings. The van der Waals surface area contributed by atoms with Gasteiger partial charge in [-0.3, -0.25) is 4.79 Å². The number of amides is 1. The molecular formula is C14H17FN2O5S. The highest BCUT2D eigenvalue weighted by Crippen LogP contribution is 2.19. The molecule has 2 rings (SSSR count). The molecule has 1 unspecified atom stereocenters. The van der Waals surface area contributed by atoms with E-state index in [-0.39, 0.29) is 10.9 Å². The highest BCUT2D eigenvalue weighted by Gasteiger charge is 2.28. The molecule has 0 spiro atoms. The van der Waals surface area contributed by atoms with E-state index >= 15 is 0 Å². The second-order valence-corrected chi connectivity index (χ2v) is 7.07. The van der Waals surface area contributed by atoms with Gasteiger partial charge in [-0.2, -0.15) is 0 Å². The van der Waals surface area contributed by atoms with E-state index in [1.807, 2.05) is 0 Å². The summed E-state index contributed by atoms with van der Waals surface area (Å²) in [5.74, 6) is -2.51. The van der Waals surface area contributed by atoms with Crippen molar-refractivity contribution in [2.75, 3.05) is 7.05 Å². The van der Waals surface area contributed by atoms with E-state index in [1.54, 1.807) is 0 Å². The summed E-state index contributed by atoms with van der Waals surface area (Å²) in [6, 6.07) is 2.86. The van der Waals surface area contributed by atoms with E-state index in [9.17, 15) is 22.4 Å². The Morgan fingerprint density at radius 2 is 2.00 bits per heavy atom. The van der Waals surface area contributed by atoms with Crippen LogP contribution in [0.15, 0.2) is 23.1 Å². The normalized spacial score (nSPS) is 15.8. The van der Waals surface area contributed by atoms with Crippen LogP contribution < -0.4 is 10.0 Å². The van der Waals surface area contributed by atoms with Crippen molar-refractivity contribution in [2.24, 2.45) is 0 Å². The molecule has 9 heteroatoms. The number of halogens is 1. The number of esters is 1. The molecule has 7 nitrogen and oxygen atoms in total. The molecule has 126 valence electrons. The molecule has 1 atom stereocenters. The lowest BCUT2D eigenvalue weighted by molar-refractivity contribution is -0.129. The van der Waals surface area contributed by atoms with Crippen LogP contribution in [0.4, 0.5) is 4.39 Å². The fraction of sp³-hybridized carbons (Fsp3) is 0.429.